The summed E-state index contributed by atoms with van der Waals surface area (Å²) in [7, 11) is 1.75. The molecule has 1 unspecified atom stereocenters. The van der Waals surface area contributed by atoms with Crippen molar-refractivity contribution in [3.05, 3.63) is 0 Å². The Kier molecular flexibility index (Phi) is 7.12. The monoisotopic (exact) mass is 312 g/mol. The van der Waals surface area contributed by atoms with E-state index >= 15 is 0 Å². The molecule has 0 aromatic rings. The van der Waals surface area contributed by atoms with E-state index in [0.717, 1.165) is 58.7 Å². The Morgan fingerprint density at radius 3 is 2.64 bits per heavy atom. The molecule has 0 saturated carbocycles. The summed E-state index contributed by atoms with van der Waals surface area (Å²) < 4.78 is 10.9. The Morgan fingerprint density at radius 2 is 2.00 bits per heavy atom. The van der Waals surface area contributed by atoms with E-state index in [1.165, 1.54) is 0 Å². The molecule has 5 heteroatoms. The number of carbonyl (C=O) groups excluding carboxylic acids is 1. The van der Waals surface area contributed by atoms with Crippen molar-refractivity contribution in [2.75, 3.05) is 46.5 Å². The van der Waals surface area contributed by atoms with Crippen molar-refractivity contribution in [1.82, 2.24) is 9.80 Å². The number of likely N-dealkylation sites (tertiary alicyclic amines) is 1. The molecule has 1 atom stereocenters. The highest BCUT2D eigenvalue weighted by molar-refractivity contribution is 5.76. The molecular weight excluding hydrogens is 280 g/mol. The lowest BCUT2D eigenvalue weighted by Crippen LogP contribution is -2.48. The predicted octanol–water partition coefficient (Wildman–Crippen LogP) is 1.76. The summed E-state index contributed by atoms with van der Waals surface area (Å²) >= 11 is 0. The molecule has 5 nitrogen and oxygen atoms in total. The molecule has 2 fully saturated rings. The third-order valence-corrected chi connectivity index (χ3v) is 5.00. The van der Waals surface area contributed by atoms with Gasteiger partial charge in [-0.15, -0.1) is 0 Å². The number of morpholine rings is 1. The molecule has 0 aliphatic carbocycles. The lowest BCUT2D eigenvalue weighted by molar-refractivity contribution is -0.138. The first kappa shape index (κ1) is 17.7. The van der Waals surface area contributed by atoms with Gasteiger partial charge in [0.15, 0.2) is 0 Å². The lowest BCUT2D eigenvalue weighted by atomic mass is 9.93. The van der Waals surface area contributed by atoms with Crippen LogP contribution < -0.4 is 0 Å². The van der Waals surface area contributed by atoms with Crippen molar-refractivity contribution in [3.8, 4) is 0 Å². The fraction of sp³-hybridized carbons (Fsp3) is 0.941. The van der Waals surface area contributed by atoms with Gasteiger partial charge in [-0.3, -0.25) is 9.69 Å². The van der Waals surface area contributed by atoms with E-state index in [-0.39, 0.29) is 12.0 Å². The number of amides is 1. The minimum Gasteiger partial charge on any atom is -0.385 e. The van der Waals surface area contributed by atoms with E-state index in [1.807, 2.05) is 4.90 Å². The third kappa shape index (κ3) is 5.21. The van der Waals surface area contributed by atoms with Gasteiger partial charge < -0.3 is 14.4 Å². The number of rotatable bonds is 6. The predicted molar refractivity (Wildman–Crippen MR) is 86.9 cm³/mol. The first-order valence-electron chi connectivity index (χ1n) is 8.72. The number of piperidine rings is 1. The first-order chi connectivity index (χ1) is 10.6. The molecule has 0 aromatic heterocycles. The number of ether oxygens (including phenoxy) is 2. The molecule has 1 amide bonds. The van der Waals surface area contributed by atoms with Crippen LogP contribution >= 0.6 is 0 Å². The van der Waals surface area contributed by atoms with Crippen molar-refractivity contribution in [1.29, 1.82) is 0 Å². The van der Waals surface area contributed by atoms with Crippen LogP contribution in [0.1, 0.15) is 39.5 Å². The highest BCUT2D eigenvalue weighted by Crippen LogP contribution is 2.22. The second-order valence-electron chi connectivity index (χ2n) is 6.89. The van der Waals surface area contributed by atoms with E-state index in [0.29, 0.717) is 18.4 Å². The summed E-state index contributed by atoms with van der Waals surface area (Å²) in [6.45, 7) is 9.64. The van der Waals surface area contributed by atoms with Gasteiger partial charge in [0.1, 0.15) is 0 Å². The molecule has 128 valence electrons. The highest BCUT2D eigenvalue weighted by Gasteiger charge is 2.28. The van der Waals surface area contributed by atoms with Crippen molar-refractivity contribution in [3.63, 3.8) is 0 Å². The second-order valence-corrected chi connectivity index (χ2v) is 6.89. The second kappa shape index (κ2) is 8.85. The summed E-state index contributed by atoms with van der Waals surface area (Å²) in [4.78, 5) is 16.9. The molecule has 0 bridgehead atoms. The largest absolute Gasteiger partial charge is 0.385 e. The zero-order chi connectivity index (χ0) is 15.9. The van der Waals surface area contributed by atoms with Crippen LogP contribution in [0.25, 0.3) is 0 Å². The Labute approximate surface area is 134 Å². The molecule has 2 aliphatic rings. The molecule has 0 N–H and O–H groups in total. The van der Waals surface area contributed by atoms with E-state index in [9.17, 15) is 4.79 Å². The Hall–Kier alpha value is -0.650. The molecular formula is C17H32N2O3. The SMILES string of the molecule is COCCC1CCN(C(=O)CC2CN(C(C)C)CCO2)CC1. The minimum absolute atomic E-state index is 0.0647. The minimum atomic E-state index is 0.0647. The van der Waals surface area contributed by atoms with Gasteiger partial charge in [0.25, 0.3) is 0 Å². The Balaban J connectivity index is 1.71. The third-order valence-electron chi connectivity index (χ3n) is 5.00. The van der Waals surface area contributed by atoms with Crippen LogP contribution in [0.2, 0.25) is 0 Å². The summed E-state index contributed by atoms with van der Waals surface area (Å²) in [6, 6.07) is 0.526. The van der Waals surface area contributed by atoms with Crippen LogP contribution in [0, 0.1) is 5.92 Å². The quantitative estimate of drug-likeness (QED) is 0.749. The summed E-state index contributed by atoms with van der Waals surface area (Å²) in [5, 5.41) is 0. The maximum atomic E-state index is 12.5. The maximum absolute atomic E-state index is 12.5. The van der Waals surface area contributed by atoms with Gasteiger partial charge in [-0.1, -0.05) is 0 Å². The number of hydrogen-bond donors (Lipinski definition) is 0. The average Bonchev–Trinajstić information content (AvgIpc) is 2.53. The smallest absolute Gasteiger partial charge is 0.225 e. The van der Waals surface area contributed by atoms with Gasteiger partial charge in [0.05, 0.1) is 19.1 Å². The van der Waals surface area contributed by atoms with Crippen LogP contribution in [-0.4, -0.2) is 74.4 Å². The van der Waals surface area contributed by atoms with Crippen molar-refractivity contribution in [2.24, 2.45) is 5.92 Å². The normalized spacial score (nSPS) is 24.9. The van der Waals surface area contributed by atoms with Gasteiger partial charge in [0.2, 0.25) is 5.91 Å². The first-order valence-corrected chi connectivity index (χ1v) is 8.72. The van der Waals surface area contributed by atoms with E-state index < -0.39 is 0 Å². The van der Waals surface area contributed by atoms with E-state index in [4.69, 9.17) is 9.47 Å². The molecule has 0 spiro atoms. The van der Waals surface area contributed by atoms with Crippen LogP contribution in [0.4, 0.5) is 0 Å². The van der Waals surface area contributed by atoms with Crippen molar-refractivity contribution < 1.29 is 14.3 Å². The van der Waals surface area contributed by atoms with Crippen molar-refractivity contribution >= 4 is 5.91 Å². The summed E-state index contributed by atoms with van der Waals surface area (Å²) in [6.07, 6.45) is 3.94. The molecule has 0 radical (unpaired) electrons. The molecule has 2 saturated heterocycles. The van der Waals surface area contributed by atoms with Gasteiger partial charge in [-0.25, -0.2) is 0 Å². The van der Waals surface area contributed by atoms with Gasteiger partial charge in [-0.05, 0) is 39.0 Å². The van der Waals surface area contributed by atoms with Gasteiger partial charge in [-0.2, -0.15) is 0 Å². The van der Waals surface area contributed by atoms with E-state index in [2.05, 4.69) is 18.7 Å². The van der Waals surface area contributed by atoms with E-state index in [1.54, 1.807) is 7.11 Å². The standard InChI is InChI=1S/C17H32N2O3/c1-14(2)19-9-11-22-16(13-19)12-17(20)18-7-4-15(5-8-18)6-10-21-3/h14-16H,4-13H2,1-3H3. The molecule has 0 aromatic carbocycles. The lowest BCUT2D eigenvalue weighted by Gasteiger charge is -2.37. The van der Waals surface area contributed by atoms with Crippen LogP contribution in [0.3, 0.4) is 0 Å². The number of methoxy groups -OCH3 is 1. The fourth-order valence-electron chi connectivity index (χ4n) is 3.41. The summed E-state index contributed by atoms with van der Waals surface area (Å²) in [5.74, 6) is 0.979. The van der Waals surface area contributed by atoms with Crippen LogP contribution in [0.15, 0.2) is 0 Å². The molecule has 22 heavy (non-hydrogen) atoms. The van der Waals surface area contributed by atoms with Crippen LogP contribution in [0.5, 0.6) is 0 Å². The van der Waals surface area contributed by atoms with Crippen LogP contribution in [-0.2, 0) is 14.3 Å². The summed E-state index contributed by atoms with van der Waals surface area (Å²) in [5.41, 5.74) is 0. The van der Waals surface area contributed by atoms with Gasteiger partial charge in [0, 0.05) is 45.9 Å². The average molecular weight is 312 g/mol. The topological polar surface area (TPSA) is 42.0 Å². The Morgan fingerprint density at radius 1 is 1.27 bits per heavy atom. The molecule has 2 aliphatic heterocycles. The van der Waals surface area contributed by atoms with Crippen molar-refractivity contribution in [2.45, 2.75) is 51.7 Å². The Bertz CT molecular complexity index is 341. The maximum Gasteiger partial charge on any atom is 0.225 e. The number of nitrogens with zero attached hydrogens (tertiary/aromatic N) is 2. The fourth-order valence-corrected chi connectivity index (χ4v) is 3.41. The van der Waals surface area contributed by atoms with Gasteiger partial charge >= 0.3 is 0 Å². The number of carbonyl (C=O) groups is 1. The highest BCUT2D eigenvalue weighted by atomic mass is 16.5. The zero-order valence-corrected chi connectivity index (χ0v) is 14.4. The zero-order valence-electron chi connectivity index (χ0n) is 14.4. The molecule has 2 rings (SSSR count). The molecule has 2 heterocycles. The number of hydrogen-bond acceptors (Lipinski definition) is 4.